The maximum absolute atomic E-state index is 12.0. The van der Waals surface area contributed by atoms with Crippen LogP contribution in [0.3, 0.4) is 0 Å². The Morgan fingerprint density at radius 2 is 1.70 bits per heavy atom. The summed E-state index contributed by atoms with van der Waals surface area (Å²) in [6, 6.07) is 17.0. The molecule has 0 spiro atoms. The van der Waals surface area contributed by atoms with Gasteiger partial charge in [-0.1, -0.05) is 54.6 Å². The van der Waals surface area contributed by atoms with Gasteiger partial charge in [-0.3, -0.25) is 4.55 Å². The van der Waals surface area contributed by atoms with E-state index in [-0.39, 0.29) is 18.9 Å². The average molecular weight is 332 g/mol. The van der Waals surface area contributed by atoms with Crippen LogP contribution >= 0.6 is 0 Å². The van der Waals surface area contributed by atoms with Crippen LogP contribution in [0.2, 0.25) is 0 Å². The fourth-order valence-corrected chi connectivity index (χ4v) is 4.54. The zero-order valence-corrected chi connectivity index (χ0v) is 13.8. The first-order chi connectivity index (χ1) is 10.9. The highest BCUT2D eigenvalue weighted by Gasteiger charge is 2.56. The molecule has 122 valence electrons. The van der Waals surface area contributed by atoms with Gasteiger partial charge in [0.25, 0.3) is 10.1 Å². The Morgan fingerprint density at radius 3 is 2.30 bits per heavy atom. The van der Waals surface area contributed by atoms with Crippen LogP contribution in [0.15, 0.2) is 54.6 Å². The van der Waals surface area contributed by atoms with Crippen LogP contribution in [0.1, 0.15) is 29.5 Å². The van der Waals surface area contributed by atoms with Crippen molar-refractivity contribution in [1.82, 2.24) is 0 Å². The summed E-state index contributed by atoms with van der Waals surface area (Å²) in [4.78, 5) is 0. The summed E-state index contributed by atoms with van der Waals surface area (Å²) in [5.41, 5.74) is 2.58. The Hall–Kier alpha value is -1.69. The van der Waals surface area contributed by atoms with Gasteiger partial charge in [0.15, 0.2) is 0 Å². The highest BCUT2D eigenvalue weighted by atomic mass is 32.2. The van der Waals surface area contributed by atoms with Crippen molar-refractivity contribution in [3.8, 4) is 0 Å². The molecule has 2 aromatic carbocycles. The summed E-state index contributed by atoms with van der Waals surface area (Å²) in [7, 11) is -4.20. The third kappa shape index (κ3) is 3.04. The van der Waals surface area contributed by atoms with E-state index < -0.39 is 14.9 Å². The van der Waals surface area contributed by atoms with E-state index >= 15 is 0 Å². The molecule has 1 saturated carbocycles. The molecule has 2 aromatic rings. The van der Waals surface area contributed by atoms with E-state index in [0.717, 1.165) is 11.1 Å². The van der Waals surface area contributed by atoms with E-state index in [1.54, 1.807) is 12.1 Å². The van der Waals surface area contributed by atoms with Crippen LogP contribution in [0.5, 0.6) is 0 Å². The second kappa shape index (κ2) is 6.07. The molecule has 1 aliphatic carbocycles. The molecule has 0 heterocycles. The highest BCUT2D eigenvalue weighted by Crippen LogP contribution is 2.50. The third-order valence-electron chi connectivity index (χ3n) is 4.57. The fourth-order valence-electron chi connectivity index (χ4n) is 3.24. The Kier molecular flexibility index (Phi) is 4.27. The SMILES string of the molecule is Cc1ccccc1C1(S(=O)(=O)O)CC(OCc2ccccc2)C1. The van der Waals surface area contributed by atoms with Crippen molar-refractivity contribution < 1.29 is 17.7 Å². The molecule has 5 heteroatoms. The molecule has 0 radical (unpaired) electrons. The van der Waals surface area contributed by atoms with Crippen molar-refractivity contribution in [3.63, 3.8) is 0 Å². The summed E-state index contributed by atoms with van der Waals surface area (Å²) in [5, 5.41) is 0. The van der Waals surface area contributed by atoms with Crippen molar-refractivity contribution in [2.75, 3.05) is 0 Å². The Bertz CT molecular complexity index is 778. The molecule has 0 atom stereocenters. The summed E-state index contributed by atoms with van der Waals surface area (Å²) in [6.07, 6.45) is 0.393. The molecule has 1 aliphatic rings. The maximum Gasteiger partial charge on any atom is 0.275 e. The van der Waals surface area contributed by atoms with E-state index in [1.807, 2.05) is 49.4 Å². The number of hydrogen-bond acceptors (Lipinski definition) is 3. The largest absolute Gasteiger partial charge is 0.373 e. The van der Waals surface area contributed by atoms with Crippen LogP contribution < -0.4 is 0 Å². The first kappa shape index (κ1) is 16.2. The van der Waals surface area contributed by atoms with Crippen LogP contribution in [0.4, 0.5) is 0 Å². The van der Waals surface area contributed by atoms with E-state index in [0.29, 0.717) is 12.2 Å². The van der Waals surface area contributed by atoms with Gasteiger partial charge >= 0.3 is 0 Å². The van der Waals surface area contributed by atoms with Crippen LogP contribution in [-0.4, -0.2) is 19.1 Å². The van der Waals surface area contributed by atoms with Crippen molar-refractivity contribution in [1.29, 1.82) is 0 Å². The standard InChI is InChI=1S/C18H20O4S/c1-14-7-5-6-10-17(14)18(23(19,20)21)11-16(12-18)22-13-15-8-3-2-4-9-15/h2-10,16H,11-13H2,1H3,(H,19,20,21). The normalized spacial score (nSPS) is 24.2. The van der Waals surface area contributed by atoms with Gasteiger partial charge in [0, 0.05) is 0 Å². The lowest BCUT2D eigenvalue weighted by Gasteiger charge is -2.45. The molecule has 1 fully saturated rings. The van der Waals surface area contributed by atoms with Crippen LogP contribution in [-0.2, 0) is 26.2 Å². The third-order valence-corrected chi connectivity index (χ3v) is 6.11. The molecule has 23 heavy (non-hydrogen) atoms. The van der Waals surface area contributed by atoms with Gasteiger partial charge in [0.05, 0.1) is 12.7 Å². The van der Waals surface area contributed by atoms with E-state index in [9.17, 15) is 13.0 Å². The first-order valence-corrected chi connectivity index (χ1v) is 9.05. The summed E-state index contributed by atoms with van der Waals surface area (Å²) in [6.45, 7) is 2.31. The van der Waals surface area contributed by atoms with Gasteiger partial charge in [0.2, 0.25) is 0 Å². The number of rotatable bonds is 5. The molecule has 4 nitrogen and oxygen atoms in total. The average Bonchev–Trinajstić information content (AvgIpc) is 2.47. The van der Waals surface area contributed by atoms with Gasteiger partial charge in [-0.25, -0.2) is 0 Å². The Morgan fingerprint density at radius 1 is 1.09 bits per heavy atom. The molecule has 0 aliphatic heterocycles. The summed E-state index contributed by atoms with van der Waals surface area (Å²) >= 11 is 0. The quantitative estimate of drug-likeness (QED) is 0.852. The predicted octanol–water partition coefficient (Wildman–Crippen LogP) is 3.46. The molecular weight excluding hydrogens is 312 g/mol. The maximum atomic E-state index is 12.0. The lowest BCUT2D eigenvalue weighted by atomic mass is 9.75. The number of benzene rings is 2. The molecule has 0 aromatic heterocycles. The Labute approximate surface area is 136 Å². The topological polar surface area (TPSA) is 63.6 Å². The number of hydrogen-bond donors (Lipinski definition) is 1. The van der Waals surface area contributed by atoms with Gasteiger partial charge in [-0.15, -0.1) is 0 Å². The van der Waals surface area contributed by atoms with Crippen molar-refractivity contribution in [2.24, 2.45) is 0 Å². The monoisotopic (exact) mass is 332 g/mol. The van der Waals surface area contributed by atoms with Gasteiger partial charge in [-0.05, 0) is 36.5 Å². The van der Waals surface area contributed by atoms with Gasteiger partial charge in [-0.2, -0.15) is 8.42 Å². The minimum Gasteiger partial charge on any atom is -0.373 e. The first-order valence-electron chi connectivity index (χ1n) is 7.61. The molecular formula is C18H20O4S. The van der Waals surface area contributed by atoms with Crippen molar-refractivity contribution in [2.45, 2.75) is 37.2 Å². The molecule has 1 N–H and O–H groups in total. The predicted molar refractivity (Wildman–Crippen MR) is 88.7 cm³/mol. The van der Waals surface area contributed by atoms with Crippen molar-refractivity contribution >= 4 is 10.1 Å². The molecule has 0 amide bonds. The Balaban J connectivity index is 1.75. The molecule has 3 rings (SSSR count). The summed E-state index contributed by atoms with van der Waals surface area (Å²) < 4.78 is 38.4. The number of ether oxygens (including phenoxy) is 1. The molecule has 0 unspecified atom stereocenters. The van der Waals surface area contributed by atoms with Crippen molar-refractivity contribution in [3.05, 3.63) is 71.3 Å². The fraction of sp³-hybridized carbons (Fsp3) is 0.333. The lowest BCUT2D eigenvalue weighted by molar-refractivity contribution is -0.0341. The lowest BCUT2D eigenvalue weighted by Crippen LogP contribution is -2.51. The van der Waals surface area contributed by atoms with Crippen LogP contribution in [0.25, 0.3) is 0 Å². The highest BCUT2D eigenvalue weighted by molar-refractivity contribution is 7.86. The summed E-state index contributed by atoms with van der Waals surface area (Å²) in [5.74, 6) is 0. The molecule has 0 saturated heterocycles. The zero-order valence-electron chi connectivity index (χ0n) is 13.0. The van der Waals surface area contributed by atoms with Gasteiger partial charge in [0.1, 0.15) is 4.75 Å². The zero-order chi connectivity index (χ0) is 16.5. The van der Waals surface area contributed by atoms with E-state index in [4.69, 9.17) is 4.74 Å². The minimum absolute atomic E-state index is 0.170. The molecule has 0 bridgehead atoms. The van der Waals surface area contributed by atoms with E-state index in [2.05, 4.69) is 0 Å². The second-order valence-electron chi connectivity index (χ2n) is 6.11. The minimum atomic E-state index is -4.20. The smallest absolute Gasteiger partial charge is 0.275 e. The van der Waals surface area contributed by atoms with Crippen LogP contribution in [0, 0.1) is 6.92 Å². The number of aryl methyl sites for hydroxylation is 1. The second-order valence-corrected chi connectivity index (χ2v) is 7.84. The van der Waals surface area contributed by atoms with Gasteiger partial charge < -0.3 is 4.74 Å². The van der Waals surface area contributed by atoms with E-state index in [1.165, 1.54) is 0 Å².